The molecule has 0 aromatic heterocycles. The van der Waals surface area contributed by atoms with Crippen LogP contribution in [0.2, 0.25) is 10.0 Å². The van der Waals surface area contributed by atoms with Gasteiger partial charge in [0.05, 0.1) is 6.61 Å². The number of aliphatic imine (C=N–C) groups is 1. The summed E-state index contributed by atoms with van der Waals surface area (Å²) < 4.78 is 17.7. The van der Waals surface area contributed by atoms with Gasteiger partial charge in [-0.1, -0.05) is 59.6 Å². The molecule has 0 aliphatic carbocycles. The molecule has 1 aliphatic heterocycles. The fourth-order valence-corrected chi connectivity index (χ4v) is 5.55. The second-order valence-corrected chi connectivity index (χ2v) is 12.7. The van der Waals surface area contributed by atoms with Crippen molar-refractivity contribution in [2.24, 2.45) is 4.99 Å². The van der Waals surface area contributed by atoms with Crippen LogP contribution in [0.4, 0.5) is 0 Å². The summed E-state index contributed by atoms with van der Waals surface area (Å²) in [6, 6.07) is 22.1. The summed E-state index contributed by atoms with van der Waals surface area (Å²) in [4.78, 5) is 32.1. The average molecular weight is 656 g/mol. The van der Waals surface area contributed by atoms with Gasteiger partial charge in [-0.3, -0.25) is 9.59 Å². The van der Waals surface area contributed by atoms with E-state index < -0.39 is 23.2 Å². The van der Waals surface area contributed by atoms with Crippen molar-refractivity contribution in [1.29, 1.82) is 0 Å². The Balaban J connectivity index is 1.68. The predicted octanol–water partition coefficient (Wildman–Crippen LogP) is 6.88. The van der Waals surface area contributed by atoms with Crippen molar-refractivity contribution in [3.63, 3.8) is 0 Å². The first-order valence-corrected chi connectivity index (χ1v) is 15.9. The van der Waals surface area contributed by atoms with Crippen LogP contribution in [-0.2, 0) is 25.5 Å². The minimum Gasteiger partial charge on any atom is -0.494 e. The average Bonchev–Trinajstić information content (AvgIpc) is 3.39. The number of carbonyl (C=O) groups is 2. The van der Waals surface area contributed by atoms with Crippen LogP contribution in [0.15, 0.2) is 77.8 Å². The van der Waals surface area contributed by atoms with E-state index in [0.29, 0.717) is 52.9 Å². The summed E-state index contributed by atoms with van der Waals surface area (Å²) in [5, 5.41) is 12.9. The molecule has 3 aromatic rings. The maximum Gasteiger partial charge on any atom is 0.306 e. The van der Waals surface area contributed by atoms with Gasteiger partial charge in [-0.05, 0) is 82.0 Å². The number of carbonyl (C=O) groups excluding carboxylic acids is 2. The van der Waals surface area contributed by atoms with Crippen molar-refractivity contribution in [3.8, 4) is 5.75 Å². The van der Waals surface area contributed by atoms with Gasteiger partial charge in [0.1, 0.15) is 11.4 Å². The Kier molecular flexibility index (Phi) is 11.9. The summed E-state index contributed by atoms with van der Waals surface area (Å²) in [6.07, 6.45) is 1.00. The van der Waals surface area contributed by atoms with Crippen LogP contribution in [0, 0.1) is 0 Å². The molecular weight excluding hydrogens is 615 g/mol. The number of halogens is 2. The Morgan fingerprint density at radius 1 is 1.02 bits per heavy atom. The number of nitrogens with one attached hydrogen (secondary N) is 1. The Bertz CT molecular complexity index is 1470. The molecule has 1 aliphatic rings. The number of benzene rings is 3. The Labute approximate surface area is 274 Å². The number of esters is 1. The molecule has 3 aromatic carbocycles. The zero-order valence-corrected chi connectivity index (χ0v) is 27.4. The Morgan fingerprint density at radius 2 is 1.76 bits per heavy atom. The van der Waals surface area contributed by atoms with Gasteiger partial charge in [0, 0.05) is 47.2 Å². The fourth-order valence-electron chi connectivity index (χ4n) is 5.04. The number of aliphatic hydroxyl groups is 1. The van der Waals surface area contributed by atoms with Crippen LogP contribution in [0.1, 0.15) is 69.2 Å². The van der Waals surface area contributed by atoms with Gasteiger partial charge in [0.25, 0.3) is 5.91 Å². The van der Waals surface area contributed by atoms with Gasteiger partial charge >= 0.3 is 5.97 Å². The summed E-state index contributed by atoms with van der Waals surface area (Å²) in [5.41, 5.74) is 0.0884. The molecule has 240 valence electrons. The Morgan fingerprint density at radius 3 is 2.42 bits per heavy atom. The van der Waals surface area contributed by atoms with Crippen molar-refractivity contribution in [2.45, 2.75) is 70.1 Å². The molecule has 10 heteroatoms. The molecule has 8 nitrogen and oxygen atoms in total. The smallest absolute Gasteiger partial charge is 0.306 e. The number of aryl methyl sites for hydroxylation is 1. The molecular formula is C35H40Cl2N2O6. The molecule has 1 heterocycles. The zero-order valence-electron chi connectivity index (χ0n) is 25.9. The highest BCUT2D eigenvalue weighted by molar-refractivity contribution is 6.35. The highest BCUT2D eigenvalue weighted by atomic mass is 35.5. The van der Waals surface area contributed by atoms with E-state index in [9.17, 15) is 9.59 Å². The molecule has 4 rings (SSSR count). The lowest BCUT2D eigenvalue weighted by molar-refractivity contribution is -0.155. The van der Waals surface area contributed by atoms with Crippen LogP contribution >= 0.6 is 23.2 Å². The summed E-state index contributed by atoms with van der Waals surface area (Å²) in [5.74, 6) is 0.0221. The van der Waals surface area contributed by atoms with Gasteiger partial charge < -0.3 is 24.6 Å². The topological polar surface area (TPSA) is 106 Å². The van der Waals surface area contributed by atoms with Crippen molar-refractivity contribution < 1.29 is 28.9 Å². The van der Waals surface area contributed by atoms with E-state index in [0.717, 1.165) is 6.42 Å². The van der Waals surface area contributed by atoms with Gasteiger partial charge in [0.2, 0.25) is 5.90 Å². The number of hydrogen-bond donors (Lipinski definition) is 2. The van der Waals surface area contributed by atoms with Crippen molar-refractivity contribution in [3.05, 3.63) is 99.5 Å². The molecule has 0 radical (unpaired) electrons. The minimum absolute atomic E-state index is 0.0158. The first kappa shape index (κ1) is 34.3. The molecule has 0 saturated heterocycles. The second kappa shape index (κ2) is 15.6. The number of nitrogens with zero attached hydrogens (tertiary/aromatic N) is 1. The minimum atomic E-state index is -1.53. The number of ether oxygens (including phenoxy) is 3. The maximum atomic E-state index is 14.3. The number of rotatable bonds is 14. The predicted molar refractivity (Wildman–Crippen MR) is 176 cm³/mol. The second-order valence-electron chi connectivity index (χ2n) is 11.9. The molecule has 2 atom stereocenters. The monoisotopic (exact) mass is 654 g/mol. The van der Waals surface area contributed by atoms with Crippen molar-refractivity contribution >= 4 is 41.0 Å². The molecule has 2 N–H and O–H groups in total. The Hall–Kier alpha value is -3.59. The van der Waals surface area contributed by atoms with E-state index >= 15 is 0 Å². The maximum absolute atomic E-state index is 14.3. The van der Waals surface area contributed by atoms with Gasteiger partial charge in [-0.15, -0.1) is 0 Å². The molecule has 0 unspecified atom stereocenters. The first-order valence-electron chi connectivity index (χ1n) is 15.1. The molecule has 1 amide bonds. The fraction of sp³-hybridized carbons (Fsp3) is 0.400. The third kappa shape index (κ3) is 9.45. The van der Waals surface area contributed by atoms with E-state index in [-0.39, 0.29) is 31.3 Å². The largest absolute Gasteiger partial charge is 0.494 e. The van der Waals surface area contributed by atoms with E-state index in [4.69, 9.17) is 47.5 Å². The number of amides is 1. The SMILES string of the molecule is CC(C)(C)OC(=O)CC[C@@]1(C(=O)NCCCc2ccccc2)N=C(c2ccc(OCCCO)cc2)O[C@@H]1c1ccc(Cl)cc1Cl. The third-order valence-electron chi connectivity index (χ3n) is 7.18. The lowest BCUT2D eigenvalue weighted by atomic mass is 9.83. The standard InChI is InChI=1S/C35H40Cl2N2O6/c1-34(2,3)45-30(41)18-19-35(33(42)38-20-7-11-24-9-5-4-6-10-24)31(28-17-14-26(36)23-29(28)37)44-32(39-35)25-12-15-27(16-13-25)43-22-8-21-40/h4-6,9-10,12-17,23,31,40H,7-8,11,18-22H2,1-3H3,(H,38,42)/t31-,35-/m1/s1. The molecule has 0 spiro atoms. The van der Waals surface area contributed by atoms with Gasteiger partial charge in [-0.2, -0.15) is 0 Å². The third-order valence-corrected chi connectivity index (χ3v) is 7.74. The van der Waals surface area contributed by atoms with E-state index in [1.165, 1.54) is 5.56 Å². The molecule has 0 fully saturated rings. The highest BCUT2D eigenvalue weighted by Gasteiger charge is 2.54. The van der Waals surface area contributed by atoms with Crippen LogP contribution in [0.25, 0.3) is 0 Å². The summed E-state index contributed by atoms with van der Waals surface area (Å²) in [7, 11) is 0. The molecule has 45 heavy (non-hydrogen) atoms. The first-order chi connectivity index (χ1) is 21.5. The van der Waals surface area contributed by atoms with Crippen molar-refractivity contribution in [1.82, 2.24) is 5.32 Å². The zero-order chi connectivity index (χ0) is 32.5. The van der Waals surface area contributed by atoms with Gasteiger partial charge in [-0.25, -0.2) is 4.99 Å². The van der Waals surface area contributed by atoms with E-state index in [1.54, 1.807) is 63.2 Å². The lowest BCUT2D eigenvalue weighted by Gasteiger charge is -2.31. The van der Waals surface area contributed by atoms with Gasteiger partial charge in [0.15, 0.2) is 11.6 Å². The van der Waals surface area contributed by atoms with Crippen LogP contribution in [0.3, 0.4) is 0 Å². The quantitative estimate of drug-likeness (QED) is 0.145. The van der Waals surface area contributed by atoms with Crippen LogP contribution < -0.4 is 10.1 Å². The normalized spacial score (nSPS) is 17.7. The lowest BCUT2D eigenvalue weighted by Crippen LogP contribution is -2.49. The van der Waals surface area contributed by atoms with E-state index in [1.807, 2.05) is 30.3 Å². The van der Waals surface area contributed by atoms with Crippen molar-refractivity contribution in [2.75, 3.05) is 19.8 Å². The summed E-state index contributed by atoms with van der Waals surface area (Å²) in [6.45, 7) is 6.20. The highest BCUT2D eigenvalue weighted by Crippen LogP contribution is 2.45. The van der Waals surface area contributed by atoms with E-state index in [2.05, 4.69) is 5.32 Å². The molecule has 0 saturated carbocycles. The summed E-state index contributed by atoms with van der Waals surface area (Å²) >= 11 is 12.9. The number of aliphatic hydroxyl groups excluding tert-OH is 1. The van der Waals surface area contributed by atoms with Crippen LogP contribution in [0.5, 0.6) is 5.75 Å². The molecule has 0 bridgehead atoms. The van der Waals surface area contributed by atoms with Crippen LogP contribution in [-0.4, -0.2) is 53.8 Å². The number of hydrogen-bond acceptors (Lipinski definition) is 7.